The van der Waals surface area contributed by atoms with E-state index in [1.54, 1.807) is 12.1 Å². The molecule has 1 aliphatic heterocycles. The van der Waals surface area contributed by atoms with Gasteiger partial charge in [-0.05, 0) is 51.4 Å². The molecule has 0 aromatic heterocycles. The zero-order valence-corrected chi connectivity index (χ0v) is 12.0. The van der Waals surface area contributed by atoms with Crippen molar-refractivity contribution in [2.75, 3.05) is 18.0 Å². The van der Waals surface area contributed by atoms with Crippen LogP contribution in [0, 0.1) is 5.82 Å². The number of halogens is 1. The molecule has 2 rings (SSSR count). The van der Waals surface area contributed by atoms with E-state index in [1.807, 2.05) is 18.7 Å². The van der Waals surface area contributed by atoms with E-state index in [2.05, 4.69) is 5.32 Å². The molecule has 1 heterocycles. The summed E-state index contributed by atoms with van der Waals surface area (Å²) >= 11 is 0. The highest BCUT2D eigenvalue weighted by Gasteiger charge is 2.22. The first-order valence-electron chi connectivity index (χ1n) is 7.08. The van der Waals surface area contributed by atoms with Gasteiger partial charge in [0.1, 0.15) is 5.82 Å². The number of carbonyl (C=O) groups is 1. The molecule has 0 aliphatic carbocycles. The summed E-state index contributed by atoms with van der Waals surface area (Å²) in [5, 5.41) is 3.42. The van der Waals surface area contributed by atoms with E-state index in [9.17, 15) is 9.18 Å². The van der Waals surface area contributed by atoms with E-state index in [0.29, 0.717) is 11.7 Å². The molecule has 1 saturated heterocycles. The molecule has 3 N–H and O–H groups in total. The molecule has 1 aromatic carbocycles. The molecule has 1 amide bonds. The molecule has 1 fully saturated rings. The normalized spacial score (nSPS) is 18.5. The maximum atomic E-state index is 14.2. The van der Waals surface area contributed by atoms with Gasteiger partial charge in [-0.15, -0.1) is 0 Å². The molecule has 0 radical (unpaired) electrons. The van der Waals surface area contributed by atoms with Crippen molar-refractivity contribution in [1.29, 1.82) is 0 Å². The number of anilines is 1. The fraction of sp³-hybridized carbons (Fsp3) is 0.533. The molecule has 4 nitrogen and oxygen atoms in total. The largest absolute Gasteiger partial charge is 0.366 e. The molecule has 5 heteroatoms. The quantitative estimate of drug-likeness (QED) is 0.865. The van der Waals surface area contributed by atoms with Crippen LogP contribution in [0.1, 0.15) is 37.0 Å². The summed E-state index contributed by atoms with van der Waals surface area (Å²) in [6.07, 6.45) is 2.28. The Kier molecular flexibility index (Phi) is 4.60. The number of nitrogens with zero attached hydrogens (tertiary/aromatic N) is 1. The highest BCUT2D eigenvalue weighted by molar-refractivity contribution is 5.93. The summed E-state index contributed by atoms with van der Waals surface area (Å²) < 4.78 is 14.2. The maximum Gasteiger partial charge on any atom is 0.248 e. The maximum absolute atomic E-state index is 14.2. The first-order valence-corrected chi connectivity index (χ1v) is 7.08. The molecule has 110 valence electrons. The Bertz CT molecular complexity index is 484. The van der Waals surface area contributed by atoms with Crippen molar-refractivity contribution in [3.05, 3.63) is 29.6 Å². The van der Waals surface area contributed by atoms with Gasteiger partial charge in [0.2, 0.25) is 5.91 Å². The Hall–Kier alpha value is -1.62. The van der Waals surface area contributed by atoms with E-state index >= 15 is 0 Å². The van der Waals surface area contributed by atoms with Crippen LogP contribution in [0.25, 0.3) is 0 Å². The summed E-state index contributed by atoms with van der Waals surface area (Å²) in [5.74, 6) is -1.00. The second kappa shape index (κ2) is 6.22. The minimum atomic E-state index is -0.607. The summed E-state index contributed by atoms with van der Waals surface area (Å²) in [6, 6.07) is 5.02. The van der Waals surface area contributed by atoms with Crippen LogP contribution in [-0.2, 0) is 0 Å². The van der Waals surface area contributed by atoms with E-state index in [-0.39, 0.29) is 11.6 Å². The van der Waals surface area contributed by atoms with Crippen LogP contribution in [0.15, 0.2) is 18.2 Å². The number of nitrogens with one attached hydrogen (secondary N) is 1. The Labute approximate surface area is 119 Å². The predicted molar refractivity (Wildman–Crippen MR) is 78.4 cm³/mol. The van der Waals surface area contributed by atoms with Crippen molar-refractivity contribution in [2.24, 2.45) is 5.73 Å². The Morgan fingerprint density at radius 2 is 2.30 bits per heavy atom. The van der Waals surface area contributed by atoms with Gasteiger partial charge in [-0.3, -0.25) is 4.79 Å². The molecule has 1 atom stereocenters. The molecule has 0 spiro atoms. The molecule has 1 aliphatic rings. The Balaban J connectivity index is 2.22. The third-order valence-electron chi connectivity index (χ3n) is 3.74. The number of carbonyl (C=O) groups excluding carboxylic acids is 1. The summed E-state index contributed by atoms with van der Waals surface area (Å²) in [6.45, 7) is 5.87. The lowest BCUT2D eigenvalue weighted by molar-refractivity contribution is 0.1000. The molecule has 0 bridgehead atoms. The predicted octanol–water partition coefficient (Wildman–Crippen LogP) is 1.89. The second-order valence-corrected chi connectivity index (χ2v) is 5.57. The fourth-order valence-electron chi connectivity index (χ4n) is 2.63. The van der Waals surface area contributed by atoms with E-state index in [4.69, 9.17) is 5.73 Å². The van der Waals surface area contributed by atoms with Crippen molar-refractivity contribution >= 4 is 11.6 Å². The van der Waals surface area contributed by atoms with Gasteiger partial charge in [0.05, 0.1) is 5.69 Å². The van der Waals surface area contributed by atoms with Crippen molar-refractivity contribution in [1.82, 2.24) is 5.32 Å². The van der Waals surface area contributed by atoms with Gasteiger partial charge in [-0.1, -0.05) is 0 Å². The third-order valence-corrected chi connectivity index (χ3v) is 3.74. The number of hydrogen-bond acceptors (Lipinski definition) is 3. The van der Waals surface area contributed by atoms with Gasteiger partial charge in [0, 0.05) is 24.2 Å². The van der Waals surface area contributed by atoms with E-state index < -0.39 is 11.7 Å². The summed E-state index contributed by atoms with van der Waals surface area (Å²) in [7, 11) is 0. The van der Waals surface area contributed by atoms with E-state index in [1.165, 1.54) is 12.5 Å². The second-order valence-electron chi connectivity index (χ2n) is 5.57. The lowest BCUT2D eigenvalue weighted by Crippen LogP contribution is -2.41. The average molecular weight is 279 g/mol. The van der Waals surface area contributed by atoms with Gasteiger partial charge in [-0.2, -0.15) is 0 Å². The topological polar surface area (TPSA) is 58.4 Å². The van der Waals surface area contributed by atoms with Crippen molar-refractivity contribution < 1.29 is 9.18 Å². The standard InChI is InChI=1S/C15H22FN3O/c1-10(2)19(9-12-4-3-7-18-12)14-6-5-11(15(17)20)8-13(14)16/h5-6,8,10,12,18H,3-4,7,9H2,1-2H3,(H2,17,20). The number of rotatable bonds is 5. The van der Waals surface area contributed by atoms with Gasteiger partial charge in [0.15, 0.2) is 0 Å². The van der Waals surface area contributed by atoms with Crippen molar-refractivity contribution in [2.45, 2.75) is 38.8 Å². The minimum absolute atomic E-state index is 0.186. The Morgan fingerprint density at radius 3 is 2.80 bits per heavy atom. The number of benzene rings is 1. The fourth-order valence-corrected chi connectivity index (χ4v) is 2.63. The molecule has 0 saturated carbocycles. The average Bonchev–Trinajstić information content (AvgIpc) is 2.89. The zero-order chi connectivity index (χ0) is 14.7. The van der Waals surface area contributed by atoms with Gasteiger partial charge in [-0.25, -0.2) is 4.39 Å². The lowest BCUT2D eigenvalue weighted by atomic mass is 10.1. The van der Waals surface area contributed by atoms with E-state index in [0.717, 1.165) is 19.5 Å². The molecular formula is C15H22FN3O. The van der Waals surface area contributed by atoms with Crippen LogP contribution in [0.2, 0.25) is 0 Å². The molecule has 20 heavy (non-hydrogen) atoms. The Morgan fingerprint density at radius 1 is 1.55 bits per heavy atom. The summed E-state index contributed by atoms with van der Waals surface area (Å²) in [5.41, 5.74) is 5.90. The number of amides is 1. The van der Waals surface area contributed by atoms with Gasteiger partial charge < -0.3 is 16.0 Å². The summed E-state index contributed by atoms with van der Waals surface area (Å²) in [4.78, 5) is 13.1. The first-order chi connectivity index (χ1) is 9.49. The zero-order valence-electron chi connectivity index (χ0n) is 12.0. The molecule has 1 aromatic rings. The van der Waals surface area contributed by atoms with Crippen LogP contribution in [0.4, 0.5) is 10.1 Å². The lowest BCUT2D eigenvalue weighted by Gasteiger charge is -2.32. The minimum Gasteiger partial charge on any atom is -0.366 e. The van der Waals surface area contributed by atoms with Crippen LogP contribution in [-0.4, -0.2) is 31.1 Å². The third kappa shape index (κ3) is 3.28. The van der Waals surface area contributed by atoms with Crippen LogP contribution in [0.5, 0.6) is 0 Å². The van der Waals surface area contributed by atoms with Gasteiger partial charge >= 0.3 is 0 Å². The number of primary amides is 1. The highest BCUT2D eigenvalue weighted by Crippen LogP contribution is 2.24. The highest BCUT2D eigenvalue weighted by atomic mass is 19.1. The number of nitrogens with two attached hydrogens (primary N) is 1. The van der Waals surface area contributed by atoms with Crippen molar-refractivity contribution in [3.63, 3.8) is 0 Å². The van der Waals surface area contributed by atoms with Crippen LogP contribution < -0.4 is 16.0 Å². The van der Waals surface area contributed by atoms with Crippen LogP contribution >= 0.6 is 0 Å². The number of hydrogen-bond donors (Lipinski definition) is 2. The SMILES string of the molecule is CC(C)N(CC1CCCN1)c1ccc(C(N)=O)cc1F. The van der Waals surface area contributed by atoms with Crippen molar-refractivity contribution in [3.8, 4) is 0 Å². The van der Waals surface area contributed by atoms with Crippen LogP contribution in [0.3, 0.4) is 0 Å². The first kappa shape index (κ1) is 14.8. The smallest absolute Gasteiger partial charge is 0.248 e. The molecular weight excluding hydrogens is 257 g/mol. The molecule has 1 unspecified atom stereocenters. The monoisotopic (exact) mass is 279 g/mol. The van der Waals surface area contributed by atoms with Gasteiger partial charge in [0.25, 0.3) is 0 Å².